The third kappa shape index (κ3) is 3.41. The second-order valence-corrected chi connectivity index (χ2v) is 5.31. The normalized spacial score (nSPS) is 14.1. The minimum absolute atomic E-state index is 0.0806. The Morgan fingerprint density at radius 1 is 1.43 bits per heavy atom. The molecule has 0 radical (unpaired) electrons. The molecule has 0 fully saturated rings. The van der Waals surface area contributed by atoms with E-state index in [1.54, 1.807) is 0 Å². The fraction of sp³-hybridized carbons (Fsp3) is 0.667. The summed E-state index contributed by atoms with van der Waals surface area (Å²) in [6.45, 7) is 7.98. The van der Waals surface area contributed by atoms with E-state index in [2.05, 4.69) is 36.0 Å². The van der Waals surface area contributed by atoms with Gasteiger partial charge in [0.15, 0.2) is 0 Å². The van der Waals surface area contributed by atoms with Crippen LogP contribution in [0.5, 0.6) is 0 Å². The molecular formula is C12H20N8O. The van der Waals surface area contributed by atoms with Gasteiger partial charge < -0.3 is 0 Å². The lowest BCUT2D eigenvalue weighted by molar-refractivity contribution is -0.121. The second-order valence-electron chi connectivity index (χ2n) is 5.31. The molecule has 2 rings (SSSR count). The third-order valence-electron chi connectivity index (χ3n) is 3.39. The van der Waals surface area contributed by atoms with Crippen molar-refractivity contribution in [2.75, 3.05) is 5.32 Å². The van der Waals surface area contributed by atoms with E-state index in [9.17, 15) is 4.79 Å². The molecule has 9 nitrogen and oxygen atoms in total. The highest BCUT2D eigenvalue weighted by Crippen LogP contribution is 2.21. The number of nitrogens with zero attached hydrogens (tertiary/aromatic N) is 6. The quantitative estimate of drug-likeness (QED) is 0.825. The van der Waals surface area contributed by atoms with Crippen LogP contribution in [0.25, 0.3) is 0 Å². The van der Waals surface area contributed by atoms with Crippen LogP contribution in [0.15, 0.2) is 6.33 Å². The number of amides is 1. The van der Waals surface area contributed by atoms with E-state index in [-0.39, 0.29) is 23.7 Å². The van der Waals surface area contributed by atoms with Gasteiger partial charge in [0.1, 0.15) is 18.2 Å². The van der Waals surface area contributed by atoms with Gasteiger partial charge in [0.05, 0.1) is 0 Å². The first-order valence-electron chi connectivity index (χ1n) is 6.98. The van der Waals surface area contributed by atoms with Crippen molar-refractivity contribution in [1.29, 1.82) is 0 Å². The predicted molar refractivity (Wildman–Crippen MR) is 75.4 cm³/mol. The van der Waals surface area contributed by atoms with Gasteiger partial charge in [-0.1, -0.05) is 34.1 Å². The largest absolute Gasteiger partial charge is 0.291 e. The Morgan fingerprint density at radius 3 is 2.71 bits per heavy atom. The average Bonchev–Trinajstić information content (AvgIpc) is 3.10. The number of carbonyl (C=O) groups excluding carboxylic acids is 1. The van der Waals surface area contributed by atoms with E-state index in [1.165, 1.54) is 11.0 Å². The molecule has 0 saturated carbocycles. The number of tetrazole rings is 1. The van der Waals surface area contributed by atoms with Crippen LogP contribution in [0.4, 0.5) is 5.95 Å². The molecule has 2 aromatic rings. The molecule has 2 aromatic heterocycles. The minimum atomic E-state index is -0.494. The Hall–Kier alpha value is -2.32. The van der Waals surface area contributed by atoms with E-state index in [0.717, 1.165) is 12.2 Å². The van der Waals surface area contributed by atoms with E-state index < -0.39 is 6.04 Å². The first kappa shape index (κ1) is 15.1. The zero-order chi connectivity index (χ0) is 15.4. The molecule has 1 amide bonds. The number of hydrogen-bond acceptors (Lipinski definition) is 6. The molecule has 0 aliphatic heterocycles. The standard InChI is InChI=1S/C12H20N8O/c1-5-8(4)9(20-6-13-18-19-20)11(21)15-12-14-10(7(2)3)16-17-12/h6-9H,5H2,1-4H3,(H2,14,15,16,17,21)/t8-,9-/m0/s1. The van der Waals surface area contributed by atoms with Crippen LogP contribution >= 0.6 is 0 Å². The first-order chi connectivity index (χ1) is 10.0. The molecule has 0 aromatic carbocycles. The maximum absolute atomic E-state index is 12.5. The Bertz CT molecular complexity index is 576. The zero-order valence-corrected chi connectivity index (χ0v) is 12.6. The van der Waals surface area contributed by atoms with Crippen LogP contribution in [0, 0.1) is 5.92 Å². The molecule has 21 heavy (non-hydrogen) atoms. The molecule has 0 spiro atoms. The summed E-state index contributed by atoms with van der Waals surface area (Å²) in [5.74, 6) is 1.06. The fourth-order valence-corrected chi connectivity index (χ4v) is 1.93. The Morgan fingerprint density at radius 2 is 2.19 bits per heavy atom. The topological polar surface area (TPSA) is 114 Å². The summed E-state index contributed by atoms with van der Waals surface area (Å²) >= 11 is 0. The van der Waals surface area contributed by atoms with Crippen molar-refractivity contribution in [3.8, 4) is 0 Å². The molecule has 114 valence electrons. The highest BCUT2D eigenvalue weighted by atomic mass is 16.2. The third-order valence-corrected chi connectivity index (χ3v) is 3.39. The summed E-state index contributed by atoms with van der Waals surface area (Å²) in [6, 6.07) is -0.494. The lowest BCUT2D eigenvalue weighted by Gasteiger charge is -2.20. The van der Waals surface area contributed by atoms with Crippen molar-refractivity contribution in [2.45, 2.75) is 46.1 Å². The van der Waals surface area contributed by atoms with Gasteiger partial charge in [0.2, 0.25) is 5.95 Å². The number of H-pyrrole nitrogens is 1. The number of hydrogen-bond donors (Lipinski definition) is 2. The highest BCUT2D eigenvalue weighted by Gasteiger charge is 2.28. The van der Waals surface area contributed by atoms with E-state index >= 15 is 0 Å². The van der Waals surface area contributed by atoms with Gasteiger partial charge in [-0.2, -0.15) is 4.98 Å². The van der Waals surface area contributed by atoms with Crippen molar-refractivity contribution in [1.82, 2.24) is 35.4 Å². The van der Waals surface area contributed by atoms with Gasteiger partial charge in [-0.05, 0) is 16.3 Å². The molecule has 0 aliphatic carbocycles. The van der Waals surface area contributed by atoms with Crippen LogP contribution in [0.2, 0.25) is 0 Å². The maximum Gasteiger partial charge on any atom is 0.252 e. The van der Waals surface area contributed by atoms with Crippen molar-refractivity contribution < 1.29 is 4.79 Å². The SMILES string of the molecule is CC[C@H](C)[C@@H](C(=O)Nc1n[nH]c(C(C)C)n1)n1cnnn1. The number of carbonyl (C=O) groups is 1. The molecular weight excluding hydrogens is 272 g/mol. The summed E-state index contributed by atoms with van der Waals surface area (Å²) in [7, 11) is 0. The van der Waals surface area contributed by atoms with Gasteiger partial charge in [0, 0.05) is 5.92 Å². The lowest BCUT2D eigenvalue weighted by atomic mass is 9.99. The molecule has 2 heterocycles. The summed E-state index contributed by atoms with van der Waals surface area (Å²) in [5, 5.41) is 20.5. The smallest absolute Gasteiger partial charge is 0.252 e. The Balaban J connectivity index is 2.14. The molecule has 0 bridgehead atoms. The van der Waals surface area contributed by atoms with Crippen LogP contribution in [0.1, 0.15) is 51.9 Å². The number of rotatable bonds is 6. The molecule has 2 N–H and O–H groups in total. The van der Waals surface area contributed by atoms with Crippen LogP contribution in [-0.2, 0) is 4.79 Å². The molecule has 0 saturated heterocycles. The summed E-state index contributed by atoms with van der Waals surface area (Å²) in [6.07, 6.45) is 2.26. The second kappa shape index (κ2) is 6.42. The number of aromatic nitrogens is 7. The van der Waals surface area contributed by atoms with E-state index in [4.69, 9.17) is 0 Å². The monoisotopic (exact) mass is 292 g/mol. The summed E-state index contributed by atoms with van der Waals surface area (Å²) < 4.78 is 1.46. The molecule has 9 heteroatoms. The average molecular weight is 292 g/mol. The van der Waals surface area contributed by atoms with Gasteiger partial charge in [-0.15, -0.1) is 10.2 Å². The van der Waals surface area contributed by atoms with E-state index in [0.29, 0.717) is 0 Å². The van der Waals surface area contributed by atoms with Crippen LogP contribution < -0.4 is 5.32 Å². The molecule has 0 aliphatic rings. The Kier molecular flexibility index (Phi) is 4.61. The van der Waals surface area contributed by atoms with Gasteiger partial charge in [0.25, 0.3) is 5.91 Å². The molecule has 2 atom stereocenters. The van der Waals surface area contributed by atoms with Gasteiger partial charge in [-0.25, -0.2) is 4.68 Å². The van der Waals surface area contributed by atoms with Crippen molar-refractivity contribution in [3.05, 3.63) is 12.2 Å². The summed E-state index contributed by atoms with van der Waals surface area (Å²) in [4.78, 5) is 16.7. The fourth-order valence-electron chi connectivity index (χ4n) is 1.93. The minimum Gasteiger partial charge on any atom is -0.291 e. The van der Waals surface area contributed by atoms with Crippen molar-refractivity contribution in [3.63, 3.8) is 0 Å². The molecule has 0 unspecified atom stereocenters. The van der Waals surface area contributed by atoms with Crippen LogP contribution in [-0.4, -0.2) is 41.3 Å². The van der Waals surface area contributed by atoms with Crippen molar-refractivity contribution in [2.24, 2.45) is 5.92 Å². The van der Waals surface area contributed by atoms with Crippen molar-refractivity contribution >= 4 is 11.9 Å². The van der Waals surface area contributed by atoms with E-state index in [1.807, 2.05) is 27.7 Å². The van der Waals surface area contributed by atoms with Gasteiger partial charge in [-0.3, -0.25) is 15.2 Å². The number of aromatic amines is 1. The lowest BCUT2D eigenvalue weighted by Crippen LogP contribution is -2.31. The first-order valence-corrected chi connectivity index (χ1v) is 6.98. The summed E-state index contributed by atoms with van der Waals surface area (Å²) in [5.41, 5.74) is 0. The van der Waals surface area contributed by atoms with Crippen LogP contribution in [0.3, 0.4) is 0 Å². The highest BCUT2D eigenvalue weighted by molar-refractivity contribution is 5.92. The Labute approximate surface area is 122 Å². The maximum atomic E-state index is 12.5. The van der Waals surface area contributed by atoms with Gasteiger partial charge >= 0.3 is 0 Å². The number of nitrogens with one attached hydrogen (secondary N) is 2. The number of anilines is 1. The predicted octanol–water partition coefficient (Wildman–Crippen LogP) is 1.14. The zero-order valence-electron chi connectivity index (χ0n) is 12.6.